The molecule has 0 aliphatic heterocycles. The fourth-order valence-electron chi connectivity index (χ4n) is 6.33. The van der Waals surface area contributed by atoms with Crippen LogP contribution in [0.3, 0.4) is 0 Å². The molecule has 4 saturated carbocycles. The van der Waals surface area contributed by atoms with E-state index in [2.05, 4.69) is 43.0 Å². The Labute approximate surface area is 187 Å². The highest BCUT2D eigenvalue weighted by atomic mass is 127. The minimum atomic E-state index is -0.482. The van der Waals surface area contributed by atoms with E-state index in [1.54, 1.807) is 6.07 Å². The molecule has 29 heavy (non-hydrogen) atoms. The van der Waals surface area contributed by atoms with Crippen molar-refractivity contribution in [2.24, 2.45) is 23.2 Å². The third-order valence-electron chi connectivity index (χ3n) is 7.42. The van der Waals surface area contributed by atoms with E-state index in [1.807, 2.05) is 12.1 Å². The van der Waals surface area contributed by atoms with E-state index in [9.17, 15) is 4.79 Å². The first-order valence-corrected chi connectivity index (χ1v) is 11.8. The van der Waals surface area contributed by atoms with Gasteiger partial charge < -0.3 is 14.2 Å². The van der Waals surface area contributed by atoms with Crippen LogP contribution in [-0.4, -0.2) is 24.8 Å². The molecule has 4 fully saturated rings. The van der Waals surface area contributed by atoms with Crippen molar-refractivity contribution in [1.82, 2.24) is 0 Å². The predicted octanol–water partition coefficient (Wildman–Crippen LogP) is 5.98. The summed E-state index contributed by atoms with van der Waals surface area (Å²) < 4.78 is 18.2. The molecule has 0 aromatic heterocycles. The molecule has 4 aliphatic rings. The number of hydrogen-bond donors (Lipinski definition) is 0. The molecule has 4 aliphatic carbocycles. The molecule has 0 spiro atoms. The SMILES string of the molecule is C=COCCOc1c(I)cccc1C(=O)OC(C)(C)C12CC3CC(CC(C3)C1)C2. The van der Waals surface area contributed by atoms with E-state index in [-0.39, 0.29) is 11.4 Å². The van der Waals surface area contributed by atoms with Gasteiger partial charge in [-0.1, -0.05) is 12.6 Å². The summed E-state index contributed by atoms with van der Waals surface area (Å²) in [6, 6.07) is 5.61. The number of carbonyl (C=O) groups excluding carboxylic acids is 1. The first kappa shape index (κ1) is 21.0. The second kappa shape index (κ2) is 8.12. The zero-order valence-electron chi connectivity index (χ0n) is 17.4. The molecule has 0 unspecified atom stereocenters. The van der Waals surface area contributed by atoms with Crippen molar-refractivity contribution in [2.75, 3.05) is 13.2 Å². The average molecular weight is 510 g/mol. The molecule has 0 amide bonds. The molecule has 5 rings (SSSR count). The summed E-state index contributed by atoms with van der Waals surface area (Å²) in [5.41, 5.74) is 0.135. The zero-order valence-corrected chi connectivity index (χ0v) is 19.6. The highest BCUT2D eigenvalue weighted by molar-refractivity contribution is 14.1. The standard InChI is InChI=1S/C24H31IO4/c1-4-27-8-9-28-21-19(6-5-7-20(21)25)22(26)29-23(2,3)24-13-16-10-17(14-24)12-18(11-16)15-24/h4-7,16-18H,1,8-15H2,2-3H3. The first-order valence-electron chi connectivity index (χ1n) is 10.7. The third kappa shape index (κ3) is 4.04. The van der Waals surface area contributed by atoms with Crippen LogP contribution in [0.15, 0.2) is 31.0 Å². The van der Waals surface area contributed by atoms with Crippen LogP contribution in [0.1, 0.15) is 62.7 Å². The molecule has 1 aromatic carbocycles. The molecular formula is C24H31IO4. The second-order valence-electron chi connectivity index (χ2n) is 9.60. The molecule has 4 nitrogen and oxygen atoms in total. The fraction of sp³-hybridized carbons (Fsp3) is 0.625. The highest BCUT2D eigenvalue weighted by Gasteiger charge is 2.58. The number of halogens is 1. The first-order chi connectivity index (χ1) is 13.8. The Balaban J connectivity index is 1.52. The van der Waals surface area contributed by atoms with Gasteiger partial charge in [-0.15, -0.1) is 0 Å². The van der Waals surface area contributed by atoms with Gasteiger partial charge in [0.25, 0.3) is 0 Å². The van der Waals surface area contributed by atoms with Crippen molar-refractivity contribution < 1.29 is 19.0 Å². The summed E-state index contributed by atoms with van der Waals surface area (Å²) in [5.74, 6) is 2.75. The molecule has 158 valence electrons. The molecule has 1 aromatic rings. The van der Waals surface area contributed by atoms with Crippen molar-refractivity contribution in [3.8, 4) is 5.75 Å². The van der Waals surface area contributed by atoms with Crippen LogP contribution in [0.25, 0.3) is 0 Å². The molecule has 0 heterocycles. The van der Waals surface area contributed by atoms with Gasteiger partial charge >= 0.3 is 5.97 Å². The molecular weight excluding hydrogens is 479 g/mol. The number of carbonyl (C=O) groups is 1. The Morgan fingerprint density at radius 1 is 1.17 bits per heavy atom. The molecule has 5 heteroatoms. The molecule has 0 N–H and O–H groups in total. The lowest BCUT2D eigenvalue weighted by Gasteiger charge is -2.61. The van der Waals surface area contributed by atoms with E-state index in [0.29, 0.717) is 24.5 Å². The Hall–Kier alpha value is -1.24. The van der Waals surface area contributed by atoms with Crippen molar-refractivity contribution in [1.29, 1.82) is 0 Å². The largest absolute Gasteiger partial charge is 0.498 e. The number of rotatable bonds is 8. The zero-order chi connectivity index (χ0) is 20.6. The maximum absolute atomic E-state index is 13.3. The normalized spacial score (nSPS) is 30.1. The molecule has 4 bridgehead atoms. The maximum Gasteiger partial charge on any atom is 0.342 e. The summed E-state index contributed by atoms with van der Waals surface area (Å²) in [7, 11) is 0. The Morgan fingerprint density at radius 2 is 1.79 bits per heavy atom. The summed E-state index contributed by atoms with van der Waals surface area (Å²) in [4.78, 5) is 13.3. The molecule has 0 saturated heterocycles. The van der Waals surface area contributed by atoms with Crippen LogP contribution in [-0.2, 0) is 9.47 Å². The van der Waals surface area contributed by atoms with Gasteiger partial charge in [0.05, 0.1) is 9.83 Å². The number of ether oxygens (including phenoxy) is 3. The topological polar surface area (TPSA) is 44.8 Å². The smallest absolute Gasteiger partial charge is 0.342 e. The maximum atomic E-state index is 13.3. The Morgan fingerprint density at radius 3 is 2.38 bits per heavy atom. The van der Waals surface area contributed by atoms with Gasteiger partial charge in [-0.3, -0.25) is 0 Å². The average Bonchev–Trinajstić information content (AvgIpc) is 2.64. The molecule has 0 radical (unpaired) electrons. The van der Waals surface area contributed by atoms with Crippen LogP contribution < -0.4 is 4.74 Å². The third-order valence-corrected chi connectivity index (χ3v) is 8.27. The number of esters is 1. The molecule has 0 atom stereocenters. The summed E-state index contributed by atoms with van der Waals surface area (Å²) in [5, 5.41) is 0. The van der Waals surface area contributed by atoms with Crippen LogP contribution in [0.4, 0.5) is 0 Å². The highest BCUT2D eigenvalue weighted by Crippen LogP contribution is 2.64. The predicted molar refractivity (Wildman–Crippen MR) is 121 cm³/mol. The van der Waals surface area contributed by atoms with E-state index in [1.165, 1.54) is 44.8 Å². The van der Waals surface area contributed by atoms with Gasteiger partial charge in [0, 0.05) is 5.41 Å². The number of benzene rings is 1. The Kier molecular flexibility index (Phi) is 5.88. The minimum absolute atomic E-state index is 0.123. The summed E-state index contributed by atoms with van der Waals surface area (Å²) in [6.45, 7) is 8.53. The van der Waals surface area contributed by atoms with Crippen molar-refractivity contribution >= 4 is 28.6 Å². The number of hydrogen-bond acceptors (Lipinski definition) is 4. The van der Waals surface area contributed by atoms with Gasteiger partial charge in [0.2, 0.25) is 0 Å². The number of para-hydroxylation sites is 1. The van der Waals surface area contributed by atoms with E-state index in [4.69, 9.17) is 14.2 Å². The van der Waals surface area contributed by atoms with E-state index >= 15 is 0 Å². The fourth-order valence-corrected chi connectivity index (χ4v) is 6.99. The van der Waals surface area contributed by atoms with E-state index < -0.39 is 5.60 Å². The van der Waals surface area contributed by atoms with Gasteiger partial charge in [0.15, 0.2) is 0 Å². The lowest BCUT2D eigenvalue weighted by Crippen LogP contribution is -2.57. The Bertz CT molecular complexity index is 750. The van der Waals surface area contributed by atoms with E-state index in [0.717, 1.165) is 21.3 Å². The van der Waals surface area contributed by atoms with Gasteiger partial charge in [-0.05, 0) is 105 Å². The lowest BCUT2D eigenvalue weighted by molar-refractivity contribution is -0.164. The summed E-state index contributed by atoms with van der Waals surface area (Å²) >= 11 is 2.20. The minimum Gasteiger partial charge on any atom is -0.498 e. The van der Waals surface area contributed by atoms with Gasteiger partial charge in [0.1, 0.15) is 30.1 Å². The van der Waals surface area contributed by atoms with Crippen molar-refractivity contribution in [3.05, 3.63) is 40.2 Å². The second-order valence-corrected chi connectivity index (χ2v) is 10.8. The van der Waals surface area contributed by atoms with Crippen LogP contribution >= 0.6 is 22.6 Å². The van der Waals surface area contributed by atoms with Crippen LogP contribution in [0.2, 0.25) is 0 Å². The van der Waals surface area contributed by atoms with Crippen LogP contribution in [0.5, 0.6) is 5.75 Å². The van der Waals surface area contributed by atoms with Crippen molar-refractivity contribution in [2.45, 2.75) is 58.0 Å². The lowest BCUT2D eigenvalue weighted by atomic mass is 9.46. The van der Waals surface area contributed by atoms with Crippen molar-refractivity contribution in [3.63, 3.8) is 0 Å². The summed E-state index contributed by atoms with van der Waals surface area (Å²) in [6.07, 6.45) is 9.14. The van der Waals surface area contributed by atoms with Gasteiger partial charge in [-0.25, -0.2) is 4.79 Å². The monoisotopic (exact) mass is 510 g/mol. The van der Waals surface area contributed by atoms with Crippen LogP contribution in [0, 0.1) is 26.7 Å². The quantitative estimate of drug-likeness (QED) is 0.187. The van der Waals surface area contributed by atoms with Gasteiger partial charge in [-0.2, -0.15) is 0 Å².